The van der Waals surface area contributed by atoms with Gasteiger partial charge in [-0.2, -0.15) is 0 Å². The molecule has 160 valence electrons. The van der Waals surface area contributed by atoms with E-state index in [0.717, 1.165) is 28.8 Å². The van der Waals surface area contributed by atoms with Gasteiger partial charge in [-0.15, -0.1) is 0 Å². The van der Waals surface area contributed by atoms with Crippen LogP contribution in [0.1, 0.15) is 21.5 Å². The van der Waals surface area contributed by atoms with Crippen LogP contribution in [0.15, 0.2) is 47.4 Å². The Hall–Kier alpha value is -3.04. The van der Waals surface area contributed by atoms with Gasteiger partial charge in [0.1, 0.15) is 0 Å². The Balaban J connectivity index is 1.46. The van der Waals surface area contributed by atoms with E-state index in [2.05, 4.69) is 0 Å². The third-order valence-electron chi connectivity index (χ3n) is 4.95. The molecule has 0 saturated carbocycles. The normalized spacial score (nSPS) is 18.2. The molecule has 2 aliphatic rings. The molecule has 0 atom stereocenters. The molecule has 0 spiro atoms. The quantitative estimate of drug-likeness (QED) is 0.674. The van der Waals surface area contributed by atoms with Gasteiger partial charge in [-0.1, -0.05) is 18.2 Å². The maximum Gasteiger partial charge on any atom is 0.293 e. The second kappa shape index (κ2) is 8.99. The molecule has 2 heterocycles. The summed E-state index contributed by atoms with van der Waals surface area (Å²) in [7, 11) is 0. The lowest BCUT2D eigenvalue weighted by atomic mass is 10.1. The predicted octanol–water partition coefficient (Wildman–Crippen LogP) is 3.67. The van der Waals surface area contributed by atoms with Gasteiger partial charge in [0.25, 0.3) is 17.1 Å². The van der Waals surface area contributed by atoms with Gasteiger partial charge in [0.2, 0.25) is 0 Å². The van der Waals surface area contributed by atoms with Gasteiger partial charge in [-0.05, 0) is 53.2 Å². The summed E-state index contributed by atoms with van der Waals surface area (Å²) in [4.78, 5) is 40.3. The number of benzene rings is 2. The van der Waals surface area contributed by atoms with Crippen LogP contribution in [0.2, 0.25) is 0 Å². The number of thioether (sulfide) groups is 1. The summed E-state index contributed by atoms with van der Waals surface area (Å²) in [5, 5.41) is -0.486. The van der Waals surface area contributed by atoms with Crippen LogP contribution in [0.25, 0.3) is 6.08 Å². The average Bonchev–Trinajstić information content (AvgIpc) is 3.04. The number of ether oxygens (including phenoxy) is 1. The van der Waals surface area contributed by atoms with Crippen molar-refractivity contribution >= 4 is 34.9 Å². The fourth-order valence-corrected chi connectivity index (χ4v) is 4.12. The van der Waals surface area contributed by atoms with Crippen molar-refractivity contribution in [1.29, 1.82) is 0 Å². The molecular weight excluding hydrogens is 426 g/mol. The first kappa shape index (κ1) is 21.2. The van der Waals surface area contributed by atoms with E-state index in [-0.39, 0.29) is 17.4 Å². The molecule has 2 aromatic carbocycles. The number of amides is 3. The molecule has 0 N–H and O–H groups in total. The fourth-order valence-electron chi connectivity index (χ4n) is 3.28. The number of nitrogens with zero attached hydrogens (tertiary/aromatic N) is 2. The van der Waals surface area contributed by atoms with Crippen LogP contribution in [0, 0.1) is 11.6 Å². The van der Waals surface area contributed by atoms with Crippen molar-refractivity contribution < 1.29 is 27.9 Å². The SMILES string of the molecule is O=C(c1ccc(/C=C2\SC(=O)N(Cc3ccc(F)c(F)c3)C2=O)cc1)N1CCOCC1. The summed E-state index contributed by atoms with van der Waals surface area (Å²) < 4.78 is 31.7. The molecule has 0 bridgehead atoms. The van der Waals surface area contributed by atoms with Crippen molar-refractivity contribution in [2.45, 2.75) is 6.54 Å². The van der Waals surface area contributed by atoms with Crippen molar-refractivity contribution in [2.75, 3.05) is 26.3 Å². The number of imide groups is 1. The van der Waals surface area contributed by atoms with Crippen molar-refractivity contribution in [3.8, 4) is 0 Å². The third-order valence-corrected chi connectivity index (χ3v) is 5.86. The van der Waals surface area contributed by atoms with E-state index in [1.54, 1.807) is 35.2 Å². The van der Waals surface area contributed by atoms with E-state index < -0.39 is 22.8 Å². The highest BCUT2D eigenvalue weighted by Crippen LogP contribution is 2.33. The highest BCUT2D eigenvalue weighted by atomic mass is 32.2. The minimum Gasteiger partial charge on any atom is -0.378 e. The molecule has 31 heavy (non-hydrogen) atoms. The molecule has 0 aromatic heterocycles. The summed E-state index contributed by atoms with van der Waals surface area (Å²) in [5.41, 5.74) is 1.51. The monoisotopic (exact) mass is 444 g/mol. The summed E-state index contributed by atoms with van der Waals surface area (Å²) >= 11 is 0.778. The van der Waals surface area contributed by atoms with E-state index in [0.29, 0.717) is 43.0 Å². The number of carbonyl (C=O) groups excluding carboxylic acids is 3. The van der Waals surface area contributed by atoms with Gasteiger partial charge in [-0.25, -0.2) is 8.78 Å². The maximum absolute atomic E-state index is 13.4. The number of rotatable bonds is 4. The zero-order chi connectivity index (χ0) is 22.0. The predicted molar refractivity (Wildman–Crippen MR) is 111 cm³/mol. The summed E-state index contributed by atoms with van der Waals surface area (Å²) in [6.45, 7) is 1.98. The van der Waals surface area contributed by atoms with Crippen LogP contribution in [0.5, 0.6) is 0 Å². The highest BCUT2D eigenvalue weighted by Gasteiger charge is 2.35. The number of hydrogen-bond donors (Lipinski definition) is 0. The lowest BCUT2D eigenvalue weighted by Crippen LogP contribution is -2.40. The van der Waals surface area contributed by atoms with E-state index in [1.807, 2.05) is 0 Å². The second-order valence-corrected chi connectivity index (χ2v) is 8.04. The lowest BCUT2D eigenvalue weighted by Gasteiger charge is -2.26. The molecule has 2 fully saturated rings. The first-order chi connectivity index (χ1) is 14.9. The Morgan fingerprint density at radius 3 is 2.42 bits per heavy atom. The van der Waals surface area contributed by atoms with Crippen LogP contribution in [0.3, 0.4) is 0 Å². The van der Waals surface area contributed by atoms with Gasteiger partial charge in [-0.3, -0.25) is 19.3 Å². The smallest absolute Gasteiger partial charge is 0.293 e. The van der Waals surface area contributed by atoms with Gasteiger partial charge in [0.05, 0.1) is 24.7 Å². The van der Waals surface area contributed by atoms with E-state index in [1.165, 1.54) is 6.07 Å². The summed E-state index contributed by atoms with van der Waals surface area (Å²) in [5.74, 6) is -2.62. The van der Waals surface area contributed by atoms with Gasteiger partial charge < -0.3 is 9.64 Å². The van der Waals surface area contributed by atoms with Crippen LogP contribution < -0.4 is 0 Å². The largest absolute Gasteiger partial charge is 0.378 e. The first-order valence-corrected chi connectivity index (χ1v) is 10.4. The molecule has 2 aromatic rings. The number of halogens is 2. The van der Waals surface area contributed by atoms with Crippen molar-refractivity contribution in [2.24, 2.45) is 0 Å². The summed E-state index contributed by atoms with van der Waals surface area (Å²) in [6.07, 6.45) is 1.57. The highest BCUT2D eigenvalue weighted by molar-refractivity contribution is 8.18. The standard InChI is InChI=1S/C22H18F2N2O4S/c23-17-6-3-15(11-18(17)24)13-26-21(28)19(31-22(26)29)12-14-1-4-16(5-2-14)20(27)25-7-9-30-10-8-25/h1-6,11-12H,7-10,13H2/b19-12-. The molecule has 9 heteroatoms. The number of hydrogen-bond acceptors (Lipinski definition) is 5. The van der Waals surface area contributed by atoms with Crippen molar-refractivity contribution in [3.05, 3.63) is 75.7 Å². The first-order valence-electron chi connectivity index (χ1n) is 9.59. The molecule has 0 radical (unpaired) electrons. The van der Waals surface area contributed by atoms with Gasteiger partial charge in [0.15, 0.2) is 11.6 Å². The number of carbonyl (C=O) groups is 3. The van der Waals surface area contributed by atoms with Crippen LogP contribution in [-0.2, 0) is 16.1 Å². The van der Waals surface area contributed by atoms with Gasteiger partial charge in [0, 0.05) is 18.7 Å². The molecular formula is C22H18F2N2O4S. The number of morpholine rings is 1. The van der Waals surface area contributed by atoms with E-state index in [9.17, 15) is 23.2 Å². The topological polar surface area (TPSA) is 66.9 Å². The Morgan fingerprint density at radius 1 is 1.03 bits per heavy atom. The minimum absolute atomic E-state index is 0.0818. The maximum atomic E-state index is 13.4. The minimum atomic E-state index is -1.04. The summed E-state index contributed by atoms with van der Waals surface area (Å²) in [6, 6.07) is 10.0. The van der Waals surface area contributed by atoms with Crippen molar-refractivity contribution in [3.63, 3.8) is 0 Å². The van der Waals surface area contributed by atoms with E-state index >= 15 is 0 Å². The fraction of sp³-hybridized carbons (Fsp3) is 0.227. The zero-order valence-electron chi connectivity index (χ0n) is 16.3. The average molecular weight is 444 g/mol. The molecule has 0 unspecified atom stereocenters. The Kier molecular flexibility index (Phi) is 6.15. The third kappa shape index (κ3) is 4.67. The molecule has 3 amide bonds. The molecule has 2 saturated heterocycles. The lowest BCUT2D eigenvalue weighted by molar-refractivity contribution is -0.123. The van der Waals surface area contributed by atoms with Crippen LogP contribution >= 0.6 is 11.8 Å². The second-order valence-electron chi connectivity index (χ2n) is 7.04. The van der Waals surface area contributed by atoms with Gasteiger partial charge >= 0.3 is 0 Å². The molecule has 6 nitrogen and oxygen atoms in total. The van der Waals surface area contributed by atoms with Crippen molar-refractivity contribution in [1.82, 2.24) is 9.80 Å². The Morgan fingerprint density at radius 2 is 1.74 bits per heavy atom. The Bertz CT molecular complexity index is 1070. The molecule has 4 rings (SSSR count). The molecule has 0 aliphatic carbocycles. The zero-order valence-corrected chi connectivity index (χ0v) is 17.2. The van der Waals surface area contributed by atoms with Crippen LogP contribution in [0.4, 0.5) is 13.6 Å². The van der Waals surface area contributed by atoms with E-state index in [4.69, 9.17) is 4.74 Å². The molecule has 2 aliphatic heterocycles. The Labute approximate surface area is 181 Å². The van der Waals surface area contributed by atoms with Crippen LogP contribution in [-0.4, -0.2) is 53.2 Å².